The zero-order valence-corrected chi connectivity index (χ0v) is 13.6. The lowest BCUT2D eigenvalue weighted by Crippen LogP contribution is -2.35. The quantitative estimate of drug-likeness (QED) is 0.721. The van der Waals surface area contributed by atoms with Crippen molar-refractivity contribution in [3.63, 3.8) is 0 Å². The summed E-state index contributed by atoms with van der Waals surface area (Å²) in [5.74, 6) is -1.10. The molecule has 1 aliphatic carbocycles. The molecule has 3 aromatic rings. The van der Waals surface area contributed by atoms with Crippen molar-refractivity contribution in [1.29, 1.82) is 0 Å². The van der Waals surface area contributed by atoms with Crippen molar-refractivity contribution in [1.82, 2.24) is 19.7 Å². The predicted molar refractivity (Wildman–Crippen MR) is 91.1 cm³/mol. The van der Waals surface area contributed by atoms with Gasteiger partial charge in [0.15, 0.2) is 0 Å². The molecule has 2 aromatic heterocycles. The first-order valence-corrected chi connectivity index (χ1v) is 8.22. The fraction of sp³-hybridized carbons (Fsp3) is 0.278. The number of aromatic nitrogens is 3. The van der Waals surface area contributed by atoms with Crippen LogP contribution in [0, 0.1) is 0 Å². The number of carbonyl (C=O) groups is 2. The zero-order chi connectivity index (χ0) is 17.4. The zero-order valence-electron chi connectivity index (χ0n) is 13.6. The molecule has 1 fully saturated rings. The summed E-state index contributed by atoms with van der Waals surface area (Å²) < 4.78 is 1.38. The lowest BCUT2D eigenvalue weighted by atomic mass is 10.2. The summed E-state index contributed by atoms with van der Waals surface area (Å²) in [6.07, 6.45) is 4.65. The minimum Gasteiger partial charge on any atom is -0.478 e. The molecular weight excluding hydrogens is 320 g/mol. The highest BCUT2D eigenvalue weighted by Crippen LogP contribution is 2.29. The molecule has 0 radical (unpaired) electrons. The summed E-state index contributed by atoms with van der Waals surface area (Å²) in [7, 11) is 0. The fourth-order valence-corrected chi connectivity index (χ4v) is 3.00. The monoisotopic (exact) mass is 338 g/mol. The maximum Gasteiger partial charge on any atom is 0.338 e. The van der Waals surface area contributed by atoms with Crippen molar-refractivity contribution < 1.29 is 14.7 Å². The molecule has 1 aliphatic rings. The SMILES string of the molecule is O=C(O)c1cnn(CC(=O)N(Cc2cc3ccccc3[nH]2)C2CC2)c1. The van der Waals surface area contributed by atoms with E-state index in [4.69, 9.17) is 5.11 Å². The summed E-state index contributed by atoms with van der Waals surface area (Å²) in [6, 6.07) is 10.3. The standard InChI is InChI=1S/C18H18N4O3/c23-17(11-21-9-13(8-19-21)18(24)25)22(15-5-6-15)10-14-7-12-3-1-2-4-16(12)20-14/h1-4,7-9,15,20H,5-6,10-11H2,(H,24,25). The van der Waals surface area contributed by atoms with Gasteiger partial charge >= 0.3 is 5.97 Å². The first-order valence-electron chi connectivity index (χ1n) is 8.22. The molecule has 0 unspecified atom stereocenters. The molecule has 1 amide bonds. The summed E-state index contributed by atoms with van der Waals surface area (Å²) >= 11 is 0. The van der Waals surface area contributed by atoms with Crippen LogP contribution in [0.15, 0.2) is 42.7 Å². The Balaban J connectivity index is 1.50. The van der Waals surface area contributed by atoms with Crippen LogP contribution in [0.3, 0.4) is 0 Å². The largest absolute Gasteiger partial charge is 0.478 e. The van der Waals surface area contributed by atoms with Crippen molar-refractivity contribution in [2.75, 3.05) is 0 Å². The molecule has 0 aliphatic heterocycles. The molecule has 128 valence electrons. The van der Waals surface area contributed by atoms with Crippen LogP contribution >= 0.6 is 0 Å². The van der Waals surface area contributed by atoms with Gasteiger partial charge in [0.2, 0.25) is 5.91 Å². The van der Waals surface area contributed by atoms with E-state index in [1.165, 1.54) is 17.1 Å². The molecule has 7 nitrogen and oxygen atoms in total. The molecule has 1 saturated carbocycles. The summed E-state index contributed by atoms with van der Waals surface area (Å²) in [5.41, 5.74) is 2.13. The Hall–Kier alpha value is -3.09. The van der Waals surface area contributed by atoms with Gasteiger partial charge in [-0.15, -0.1) is 0 Å². The average Bonchev–Trinajstić information content (AvgIpc) is 3.16. The maximum absolute atomic E-state index is 12.7. The Morgan fingerprint density at radius 2 is 2.12 bits per heavy atom. The molecule has 0 bridgehead atoms. The first kappa shape index (κ1) is 15.4. The van der Waals surface area contributed by atoms with Gasteiger partial charge in [-0.3, -0.25) is 9.48 Å². The van der Waals surface area contributed by atoms with Crippen LogP contribution in [0.1, 0.15) is 28.9 Å². The Morgan fingerprint density at radius 1 is 1.32 bits per heavy atom. The van der Waals surface area contributed by atoms with Crippen LogP contribution in [0.2, 0.25) is 0 Å². The second-order valence-electron chi connectivity index (χ2n) is 6.37. The number of carboxylic acids is 1. The van der Waals surface area contributed by atoms with E-state index >= 15 is 0 Å². The Morgan fingerprint density at radius 3 is 2.80 bits per heavy atom. The van der Waals surface area contributed by atoms with Gasteiger partial charge in [-0.05, 0) is 30.4 Å². The van der Waals surface area contributed by atoms with Crippen LogP contribution in [-0.2, 0) is 17.9 Å². The molecular formula is C18H18N4O3. The number of H-pyrrole nitrogens is 1. The molecule has 4 rings (SSSR count). The molecule has 2 heterocycles. The fourth-order valence-electron chi connectivity index (χ4n) is 3.00. The van der Waals surface area contributed by atoms with E-state index in [0.717, 1.165) is 29.4 Å². The van der Waals surface area contributed by atoms with Gasteiger partial charge in [-0.2, -0.15) is 5.10 Å². The molecule has 0 spiro atoms. The Kier molecular flexibility index (Phi) is 3.76. The van der Waals surface area contributed by atoms with Crippen molar-refractivity contribution in [2.45, 2.75) is 32.0 Å². The predicted octanol–water partition coefficient (Wildman–Crippen LogP) is 2.25. The van der Waals surface area contributed by atoms with Crippen molar-refractivity contribution in [3.8, 4) is 0 Å². The number of aromatic amines is 1. The van der Waals surface area contributed by atoms with Gasteiger partial charge in [-0.1, -0.05) is 18.2 Å². The third-order valence-corrected chi connectivity index (χ3v) is 4.41. The van der Waals surface area contributed by atoms with E-state index in [0.29, 0.717) is 6.54 Å². The smallest absolute Gasteiger partial charge is 0.338 e. The molecule has 1 aromatic carbocycles. The molecule has 7 heteroatoms. The third kappa shape index (κ3) is 3.26. The Labute approximate surface area is 143 Å². The summed E-state index contributed by atoms with van der Waals surface area (Å²) in [5, 5.41) is 14.0. The van der Waals surface area contributed by atoms with Gasteiger partial charge in [0.25, 0.3) is 0 Å². The number of carboxylic acid groups (broad SMARTS) is 1. The maximum atomic E-state index is 12.7. The number of aromatic carboxylic acids is 1. The number of para-hydroxylation sites is 1. The number of nitrogens with one attached hydrogen (secondary N) is 1. The van der Waals surface area contributed by atoms with E-state index in [1.807, 2.05) is 29.2 Å². The van der Waals surface area contributed by atoms with E-state index in [9.17, 15) is 9.59 Å². The Bertz CT molecular complexity index is 906. The van der Waals surface area contributed by atoms with E-state index in [1.54, 1.807) is 0 Å². The minimum absolute atomic E-state index is 0.0456. The van der Waals surface area contributed by atoms with E-state index < -0.39 is 5.97 Å². The van der Waals surface area contributed by atoms with E-state index in [-0.39, 0.29) is 24.1 Å². The second-order valence-corrected chi connectivity index (χ2v) is 6.37. The molecule has 2 N–H and O–H groups in total. The third-order valence-electron chi connectivity index (χ3n) is 4.41. The topological polar surface area (TPSA) is 91.2 Å². The number of hydrogen-bond donors (Lipinski definition) is 2. The summed E-state index contributed by atoms with van der Waals surface area (Å²) in [4.78, 5) is 28.8. The average molecular weight is 338 g/mol. The van der Waals surface area contributed by atoms with Crippen LogP contribution in [0.25, 0.3) is 10.9 Å². The number of hydrogen-bond acceptors (Lipinski definition) is 3. The van der Waals surface area contributed by atoms with Crippen molar-refractivity contribution in [3.05, 3.63) is 54.0 Å². The van der Waals surface area contributed by atoms with Crippen LogP contribution in [0.5, 0.6) is 0 Å². The van der Waals surface area contributed by atoms with Crippen LogP contribution < -0.4 is 0 Å². The van der Waals surface area contributed by atoms with Crippen LogP contribution in [-0.4, -0.2) is 42.7 Å². The highest BCUT2D eigenvalue weighted by molar-refractivity contribution is 5.87. The lowest BCUT2D eigenvalue weighted by molar-refractivity contribution is -0.133. The van der Waals surface area contributed by atoms with Crippen molar-refractivity contribution in [2.24, 2.45) is 0 Å². The van der Waals surface area contributed by atoms with E-state index in [2.05, 4.69) is 16.1 Å². The normalized spacial score (nSPS) is 13.9. The van der Waals surface area contributed by atoms with Gasteiger partial charge < -0.3 is 15.0 Å². The lowest BCUT2D eigenvalue weighted by Gasteiger charge is -2.21. The van der Waals surface area contributed by atoms with Gasteiger partial charge in [0.05, 0.1) is 18.3 Å². The number of fused-ring (bicyclic) bond motifs is 1. The minimum atomic E-state index is -1.05. The summed E-state index contributed by atoms with van der Waals surface area (Å²) in [6.45, 7) is 0.565. The highest BCUT2D eigenvalue weighted by Gasteiger charge is 2.33. The number of rotatable bonds is 6. The highest BCUT2D eigenvalue weighted by atomic mass is 16.4. The van der Waals surface area contributed by atoms with Crippen LogP contribution in [0.4, 0.5) is 0 Å². The molecule has 25 heavy (non-hydrogen) atoms. The number of carbonyl (C=O) groups excluding carboxylic acids is 1. The molecule has 0 atom stereocenters. The number of nitrogens with zero attached hydrogens (tertiary/aromatic N) is 3. The first-order chi connectivity index (χ1) is 12.1. The number of benzene rings is 1. The van der Waals surface area contributed by atoms with Gasteiger partial charge in [-0.25, -0.2) is 4.79 Å². The second kappa shape index (κ2) is 6.08. The molecule has 0 saturated heterocycles. The van der Waals surface area contributed by atoms with Gasteiger partial charge in [0.1, 0.15) is 6.54 Å². The number of amides is 1. The van der Waals surface area contributed by atoms with Gasteiger partial charge in [0, 0.05) is 23.4 Å². The van der Waals surface area contributed by atoms with Crippen molar-refractivity contribution >= 4 is 22.8 Å².